The Bertz CT molecular complexity index is 305. The summed E-state index contributed by atoms with van der Waals surface area (Å²) in [5, 5.41) is 27.2. The Morgan fingerprint density at radius 1 is 0.895 bits per heavy atom. The van der Waals surface area contributed by atoms with Gasteiger partial charge < -0.3 is 34.7 Å². The molecule has 19 heavy (non-hydrogen) atoms. The molecule has 0 fully saturated rings. The second-order valence-electron chi connectivity index (χ2n) is 3.84. The first-order valence-electron chi connectivity index (χ1n) is 5.37. The summed E-state index contributed by atoms with van der Waals surface area (Å²) in [6.45, 7) is -0.854. The molecule has 0 heterocycles. The van der Waals surface area contributed by atoms with Gasteiger partial charge in [-0.1, -0.05) is 18.2 Å². The van der Waals surface area contributed by atoms with Crippen LogP contribution in [-0.2, 0) is 0 Å². The molecule has 0 aliphatic carbocycles. The minimum Gasteiger partial charge on any atom is -0.493 e. The first-order valence-corrected chi connectivity index (χ1v) is 6.57. The van der Waals surface area contributed by atoms with Crippen LogP contribution in [0.3, 0.4) is 0 Å². The van der Waals surface area contributed by atoms with Gasteiger partial charge in [-0.15, -0.1) is 0 Å². The fourth-order valence-electron chi connectivity index (χ4n) is 1.04. The Morgan fingerprint density at radius 3 is 1.68 bits per heavy atom. The smallest absolute Gasteiger partial charge is 0.324 e. The molecule has 0 atom stereocenters. The predicted molar refractivity (Wildman–Crippen MR) is 69.2 cm³/mol. The highest BCUT2D eigenvalue weighted by Crippen LogP contribution is 2.18. The van der Waals surface area contributed by atoms with Gasteiger partial charge in [0, 0.05) is 0 Å². The van der Waals surface area contributed by atoms with Crippen molar-refractivity contribution in [3.63, 3.8) is 0 Å². The van der Waals surface area contributed by atoms with Crippen molar-refractivity contribution in [2.24, 2.45) is 5.41 Å². The Hall–Kier alpha value is -0.790. The predicted octanol–water partition coefficient (Wildman–Crippen LogP) is -0.781. The van der Waals surface area contributed by atoms with Gasteiger partial charge in [-0.05, 0) is 12.1 Å². The fourth-order valence-corrected chi connectivity index (χ4v) is 1.04. The van der Waals surface area contributed by atoms with E-state index in [2.05, 4.69) is 0 Å². The molecule has 0 spiro atoms. The molecule has 1 aromatic rings. The van der Waals surface area contributed by atoms with Crippen LogP contribution in [0.1, 0.15) is 0 Å². The van der Waals surface area contributed by atoms with E-state index >= 15 is 0 Å². The second-order valence-corrected chi connectivity index (χ2v) is 4.38. The summed E-state index contributed by atoms with van der Waals surface area (Å²) in [6.07, 6.45) is 0. The lowest BCUT2D eigenvalue weighted by atomic mass is 9.93. The summed E-state index contributed by atoms with van der Waals surface area (Å²) in [7, 11) is -2.62. The van der Waals surface area contributed by atoms with Crippen LogP contribution in [-0.4, -0.2) is 56.4 Å². The van der Waals surface area contributed by atoms with Crippen molar-refractivity contribution >= 4 is 8.60 Å². The van der Waals surface area contributed by atoms with Gasteiger partial charge in [0.15, 0.2) is 0 Å². The van der Waals surface area contributed by atoms with Crippen LogP contribution < -0.4 is 4.74 Å². The van der Waals surface area contributed by atoms with E-state index in [1.54, 1.807) is 12.1 Å². The molecule has 6 N–H and O–H groups in total. The maximum Gasteiger partial charge on any atom is 0.324 e. The van der Waals surface area contributed by atoms with Crippen molar-refractivity contribution in [3.05, 3.63) is 30.3 Å². The van der Waals surface area contributed by atoms with Gasteiger partial charge in [-0.3, -0.25) is 0 Å². The zero-order chi connectivity index (χ0) is 14.7. The fraction of sp³-hybridized carbons (Fsp3) is 0.455. The lowest BCUT2D eigenvalue weighted by Gasteiger charge is -2.26. The van der Waals surface area contributed by atoms with Crippen LogP contribution in [0, 0.1) is 5.41 Å². The second kappa shape index (κ2) is 10.1. The summed E-state index contributed by atoms with van der Waals surface area (Å²) in [4.78, 5) is 21.7. The van der Waals surface area contributed by atoms with Crippen molar-refractivity contribution in [3.8, 4) is 5.75 Å². The minimum absolute atomic E-state index is 0.0838. The average Bonchev–Trinajstić information content (AvgIpc) is 2.42. The van der Waals surface area contributed by atoms with Gasteiger partial charge in [0.1, 0.15) is 12.4 Å². The van der Waals surface area contributed by atoms with Gasteiger partial charge in [-0.25, -0.2) is 0 Å². The lowest BCUT2D eigenvalue weighted by Crippen LogP contribution is -2.39. The summed E-state index contributed by atoms with van der Waals surface area (Å²) in [6, 6.07) is 9.07. The van der Waals surface area contributed by atoms with E-state index in [1.807, 2.05) is 18.2 Å². The van der Waals surface area contributed by atoms with E-state index in [9.17, 15) is 0 Å². The summed E-state index contributed by atoms with van der Waals surface area (Å²) < 4.78 is 5.36. The summed E-state index contributed by atoms with van der Waals surface area (Å²) >= 11 is 0. The number of benzene rings is 1. The molecule has 7 nitrogen and oxygen atoms in total. The highest BCUT2D eigenvalue weighted by Gasteiger charge is 2.29. The van der Waals surface area contributed by atoms with Crippen molar-refractivity contribution in [1.82, 2.24) is 0 Å². The van der Waals surface area contributed by atoms with E-state index in [-0.39, 0.29) is 26.4 Å². The zero-order valence-electron chi connectivity index (χ0n) is 10.3. The van der Waals surface area contributed by atoms with Crippen molar-refractivity contribution in [2.45, 2.75) is 0 Å². The highest BCUT2D eigenvalue weighted by atomic mass is 31.2. The molecular weight excluding hydrogens is 275 g/mol. The van der Waals surface area contributed by atoms with Gasteiger partial charge >= 0.3 is 8.60 Å². The molecule has 1 rings (SSSR count). The normalized spacial score (nSPS) is 10.9. The third-order valence-electron chi connectivity index (χ3n) is 2.29. The quantitative estimate of drug-likeness (QED) is 0.379. The lowest BCUT2D eigenvalue weighted by molar-refractivity contribution is -0.0258. The average molecular weight is 294 g/mol. The number of hydrogen-bond acceptors (Lipinski definition) is 7. The van der Waals surface area contributed by atoms with Crippen molar-refractivity contribution < 1.29 is 34.7 Å². The van der Waals surface area contributed by atoms with E-state index in [0.29, 0.717) is 5.75 Å². The third kappa shape index (κ3) is 8.07. The number of aliphatic hydroxyl groups is 3. The largest absolute Gasteiger partial charge is 0.493 e. The van der Waals surface area contributed by atoms with Gasteiger partial charge in [0.25, 0.3) is 0 Å². The topological polar surface area (TPSA) is 131 Å². The number of hydrogen-bond donors (Lipinski definition) is 6. The van der Waals surface area contributed by atoms with Crippen LogP contribution in [0.5, 0.6) is 5.75 Å². The SMILES string of the molecule is OCC(CO)(CO)COc1ccccc1.OP(O)O. The van der Waals surface area contributed by atoms with Gasteiger partial charge in [-0.2, -0.15) is 0 Å². The van der Waals surface area contributed by atoms with Gasteiger partial charge in [0.2, 0.25) is 0 Å². The van der Waals surface area contributed by atoms with Crippen LogP contribution >= 0.6 is 8.60 Å². The Kier molecular flexibility index (Phi) is 9.63. The molecule has 0 amide bonds. The molecule has 0 aliphatic rings. The number of ether oxygens (including phenoxy) is 1. The molecule has 110 valence electrons. The third-order valence-corrected chi connectivity index (χ3v) is 2.29. The molecule has 1 aromatic carbocycles. The van der Waals surface area contributed by atoms with Gasteiger partial charge in [0.05, 0.1) is 25.2 Å². The highest BCUT2D eigenvalue weighted by molar-refractivity contribution is 7.38. The number of para-hydroxylation sites is 1. The first kappa shape index (κ1) is 18.2. The Balaban J connectivity index is 0.000000711. The molecule has 0 saturated heterocycles. The monoisotopic (exact) mass is 294 g/mol. The number of aliphatic hydroxyl groups excluding tert-OH is 3. The van der Waals surface area contributed by atoms with E-state index in [0.717, 1.165) is 0 Å². The van der Waals surface area contributed by atoms with E-state index in [1.165, 1.54) is 0 Å². The van der Waals surface area contributed by atoms with E-state index < -0.39 is 14.0 Å². The first-order chi connectivity index (χ1) is 8.99. The van der Waals surface area contributed by atoms with Crippen LogP contribution in [0.15, 0.2) is 30.3 Å². The molecule has 0 unspecified atom stereocenters. The standard InChI is InChI=1S/C11H16O4.H3O3P/c12-6-11(7-13,8-14)9-15-10-4-2-1-3-5-10;1-4(2)3/h1-5,12-14H,6-9H2;1-3H. The maximum absolute atomic E-state index is 9.05. The Morgan fingerprint density at radius 2 is 1.32 bits per heavy atom. The van der Waals surface area contributed by atoms with Crippen LogP contribution in [0.25, 0.3) is 0 Å². The summed E-state index contributed by atoms with van der Waals surface area (Å²) in [5.74, 6) is 0.650. The van der Waals surface area contributed by atoms with Crippen LogP contribution in [0.4, 0.5) is 0 Å². The molecule has 0 aromatic heterocycles. The molecule has 0 aliphatic heterocycles. The molecular formula is C11H19O7P. The van der Waals surface area contributed by atoms with Crippen molar-refractivity contribution in [1.29, 1.82) is 0 Å². The summed E-state index contributed by atoms with van der Waals surface area (Å²) in [5.41, 5.74) is -0.976. The minimum atomic E-state index is -2.62. The number of rotatable bonds is 6. The molecule has 0 saturated carbocycles. The zero-order valence-corrected chi connectivity index (χ0v) is 11.1. The van der Waals surface area contributed by atoms with E-state index in [4.69, 9.17) is 34.7 Å². The Labute approximate surface area is 112 Å². The maximum atomic E-state index is 9.05. The molecule has 0 bridgehead atoms. The molecule has 0 radical (unpaired) electrons. The van der Waals surface area contributed by atoms with Crippen molar-refractivity contribution in [2.75, 3.05) is 26.4 Å². The molecule has 8 heteroatoms. The van der Waals surface area contributed by atoms with Crippen LogP contribution in [0.2, 0.25) is 0 Å².